The zero-order chi connectivity index (χ0) is 19.4. The molecular formula is C20H27N3O4. The number of nitrogens with one attached hydrogen (secondary N) is 2. The SMILES string of the molecule is COC(=O)C1=C(CN2CCC(C)CC2)NC(=O)N[C@H]1c1ccc(OC)cc1. The molecule has 7 nitrogen and oxygen atoms in total. The summed E-state index contributed by atoms with van der Waals surface area (Å²) in [5.74, 6) is 0.985. The highest BCUT2D eigenvalue weighted by Crippen LogP contribution is 2.29. The quantitative estimate of drug-likeness (QED) is 0.774. The maximum Gasteiger partial charge on any atom is 0.338 e. The fourth-order valence-corrected chi connectivity index (χ4v) is 3.58. The van der Waals surface area contributed by atoms with E-state index in [1.165, 1.54) is 7.11 Å². The van der Waals surface area contributed by atoms with Crippen LogP contribution in [0.4, 0.5) is 4.79 Å². The number of rotatable bonds is 5. The van der Waals surface area contributed by atoms with Gasteiger partial charge in [-0.25, -0.2) is 9.59 Å². The van der Waals surface area contributed by atoms with E-state index in [0.717, 1.165) is 31.5 Å². The molecule has 1 fully saturated rings. The summed E-state index contributed by atoms with van der Waals surface area (Å²) in [4.78, 5) is 27.1. The monoisotopic (exact) mass is 373 g/mol. The number of carbonyl (C=O) groups excluding carboxylic acids is 2. The van der Waals surface area contributed by atoms with Crippen LogP contribution in [0.3, 0.4) is 0 Å². The van der Waals surface area contributed by atoms with E-state index in [-0.39, 0.29) is 6.03 Å². The van der Waals surface area contributed by atoms with Crippen LogP contribution < -0.4 is 15.4 Å². The minimum absolute atomic E-state index is 0.316. The van der Waals surface area contributed by atoms with Crippen molar-refractivity contribution in [3.8, 4) is 5.75 Å². The van der Waals surface area contributed by atoms with Crippen molar-refractivity contribution in [3.63, 3.8) is 0 Å². The van der Waals surface area contributed by atoms with Gasteiger partial charge >= 0.3 is 12.0 Å². The summed E-state index contributed by atoms with van der Waals surface area (Å²) < 4.78 is 10.2. The number of benzene rings is 1. The van der Waals surface area contributed by atoms with Gasteiger partial charge in [0.2, 0.25) is 0 Å². The van der Waals surface area contributed by atoms with E-state index >= 15 is 0 Å². The van der Waals surface area contributed by atoms with Gasteiger partial charge in [0, 0.05) is 12.2 Å². The van der Waals surface area contributed by atoms with Crippen molar-refractivity contribution in [2.45, 2.75) is 25.8 Å². The number of carbonyl (C=O) groups is 2. The topological polar surface area (TPSA) is 79.9 Å². The highest BCUT2D eigenvalue weighted by molar-refractivity contribution is 5.95. The Bertz CT molecular complexity index is 721. The van der Waals surface area contributed by atoms with Gasteiger partial charge in [0.25, 0.3) is 0 Å². The predicted octanol–water partition coefficient (Wildman–Crippen LogP) is 2.21. The minimum Gasteiger partial charge on any atom is -0.497 e. The van der Waals surface area contributed by atoms with E-state index in [1.807, 2.05) is 24.3 Å². The van der Waals surface area contributed by atoms with Crippen LogP contribution in [0.1, 0.15) is 31.4 Å². The molecule has 0 bridgehead atoms. The van der Waals surface area contributed by atoms with Gasteiger partial charge in [0.15, 0.2) is 0 Å². The average Bonchev–Trinajstić information content (AvgIpc) is 2.69. The molecule has 1 atom stereocenters. The smallest absolute Gasteiger partial charge is 0.338 e. The van der Waals surface area contributed by atoms with Crippen LogP contribution in [0.15, 0.2) is 35.5 Å². The summed E-state index contributed by atoms with van der Waals surface area (Å²) in [6.45, 7) is 4.69. The van der Waals surface area contributed by atoms with Crippen molar-refractivity contribution in [2.75, 3.05) is 33.9 Å². The molecule has 1 aromatic carbocycles. The van der Waals surface area contributed by atoms with E-state index in [9.17, 15) is 9.59 Å². The van der Waals surface area contributed by atoms with Gasteiger partial charge in [-0.3, -0.25) is 4.90 Å². The molecule has 146 valence electrons. The molecule has 0 unspecified atom stereocenters. The standard InChI is InChI=1S/C20H27N3O4/c1-13-8-10-23(11-9-13)12-16-17(19(24)27-3)18(22-20(25)21-16)14-4-6-15(26-2)7-5-14/h4-7,13,18H,8-12H2,1-3H3,(H2,21,22,25)/t18-/m0/s1. The van der Waals surface area contributed by atoms with Gasteiger partial charge in [-0.15, -0.1) is 0 Å². The first-order valence-electron chi connectivity index (χ1n) is 9.27. The second kappa shape index (κ2) is 8.43. The third-order valence-electron chi connectivity index (χ3n) is 5.27. The Balaban J connectivity index is 1.92. The zero-order valence-electron chi connectivity index (χ0n) is 16.1. The van der Waals surface area contributed by atoms with E-state index in [4.69, 9.17) is 9.47 Å². The third-order valence-corrected chi connectivity index (χ3v) is 5.27. The van der Waals surface area contributed by atoms with Crippen LogP contribution in [0.5, 0.6) is 5.75 Å². The Kier molecular flexibility index (Phi) is 6.01. The van der Waals surface area contributed by atoms with Crippen molar-refractivity contribution in [3.05, 3.63) is 41.1 Å². The highest BCUT2D eigenvalue weighted by atomic mass is 16.5. The molecule has 7 heteroatoms. The largest absolute Gasteiger partial charge is 0.497 e. The van der Waals surface area contributed by atoms with Crippen LogP contribution >= 0.6 is 0 Å². The van der Waals surface area contributed by atoms with Gasteiger partial charge < -0.3 is 20.1 Å². The van der Waals surface area contributed by atoms with Crippen LogP contribution in [-0.4, -0.2) is 50.8 Å². The molecule has 2 heterocycles. The first-order valence-corrected chi connectivity index (χ1v) is 9.27. The maximum absolute atomic E-state index is 12.6. The molecule has 1 saturated heterocycles. The van der Waals surface area contributed by atoms with Crippen LogP contribution in [0, 0.1) is 5.92 Å². The molecule has 3 rings (SSSR count). The fraction of sp³-hybridized carbons (Fsp3) is 0.500. The second-order valence-corrected chi connectivity index (χ2v) is 7.15. The number of methoxy groups -OCH3 is 2. The van der Waals surface area contributed by atoms with Gasteiger partial charge in [0.05, 0.1) is 25.8 Å². The number of nitrogens with zero attached hydrogens (tertiary/aromatic N) is 1. The molecule has 0 saturated carbocycles. The molecule has 1 aromatic rings. The molecule has 2 N–H and O–H groups in total. The number of likely N-dealkylation sites (tertiary alicyclic amines) is 1. The average molecular weight is 373 g/mol. The van der Waals surface area contributed by atoms with Crippen LogP contribution in [0.25, 0.3) is 0 Å². The Morgan fingerprint density at radius 1 is 1.19 bits per heavy atom. The predicted molar refractivity (Wildman–Crippen MR) is 101 cm³/mol. The summed E-state index contributed by atoms with van der Waals surface area (Å²) in [6.07, 6.45) is 2.24. The first-order chi connectivity index (χ1) is 13.0. The van der Waals surface area contributed by atoms with E-state index < -0.39 is 12.0 Å². The number of urea groups is 1. The number of amides is 2. The van der Waals surface area contributed by atoms with Gasteiger partial charge in [-0.05, 0) is 49.5 Å². The van der Waals surface area contributed by atoms with Crippen molar-refractivity contribution in [1.29, 1.82) is 0 Å². The van der Waals surface area contributed by atoms with Gasteiger partial charge in [0.1, 0.15) is 5.75 Å². The van der Waals surface area contributed by atoms with E-state index in [0.29, 0.717) is 29.5 Å². The minimum atomic E-state index is -0.559. The molecule has 0 spiro atoms. The summed E-state index contributed by atoms with van der Waals surface area (Å²) in [5, 5.41) is 5.67. The molecule has 2 aliphatic rings. The molecule has 2 aliphatic heterocycles. The van der Waals surface area contributed by atoms with E-state index in [2.05, 4.69) is 22.5 Å². The molecule has 27 heavy (non-hydrogen) atoms. The van der Waals surface area contributed by atoms with Crippen molar-refractivity contribution >= 4 is 12.0 Å². The summed E-state index contributed by atoms with van der Waals surface area (Å²) in [6, 6.07) is 6.43. The summed E-state index contributed by atoms with van der Waals surface area (Å²) in [5.41, 5.74) is 1.86. The number of piperidine rings is 1. The summed E-state index contributed by atoms with van der Waals surface area (Å²) >= 11 is 0. The number of hydrogen-bond acceptors (Lipinski definition) is 5. The number of hydrogen-bond donors (Lipinski definition) is 2. The maximum atomic E-state index is 12.6. The summed E-state index contributed by atoms with van der Waals surface area (Å²) in [7, 11) is 2.95. The third kappa shape index (κ3) is 4.42. The first kappa shape index (κ1) is 19.2. The Morgan fingerprint density at radius 2 is 1.85 bits per heavy atom. The normalized spacial score (nSPS) is 21.4. The molecule has 0 aromatic heterocycles. The zero-order valence-corrected chi connectivity index (χ0v) is 16.1. The number of esters is 1. The molecular weight excluding hydrogens is 346 g/mol. The molecule has 2 amide bonds. The van der Waals surface area contributed by atoms with Gasteiger partial charge in [-0.2, -0.15) is 0 Å². The van der Waals surface area contributed by atoms with Crippen LogP contribution in [-0.2, 0) is 9.53 Å². The lowest BCUT2D eigenvalue weighted by atomic mass is 9.94. The number of ether oxygens (including phenoxy) is 2. The molecule has 0 aliphatic carbocycles. The lowest BCUT2D eigenvalue weighted by Gasteiger charge is -2.34. The second-order valence-electron chi connectivity index (χ2n) is 7.15. The van der Waals surface area contributed by atoms with Crippen molar-refractivity contribution in [1.82, 2.24) is 15.5 Å². The Labute approximate surface area is 159 Å². The van der Waals surface area contributed by atoms with E-state index in [1.54, 1.807) is 7.11 Å². The Morgan fingerprint density at radius 3 is 2.44 bits per heavy atom. The van der Waals surface area contributed by atoms with Gasteiger partial charge in [-0.1, -0.05) is 19.1 Å². The van der Waals surface area contributed by atoms with Crippen molar-refractivity contribution in [2.24, 2.45) is 5.92 Å². The Hall–Kier alpha value is -2.54. The highest BCUT2D eigenvalue weighted by Gasteiger charge is 2.34. The molecule has 0 radical (unpaired) electrons. The van der Waals surface area contributed by atoms with Crippen molar-refractivity contribution < 1.29 is 19.1 Å². The van der Waals surface area contributed by atoms with Crippen LogP contribution in [0.2, 0.25) is 0 Å². The lowest BCUT2D eigenvalue weighted by molar-refractivity contribution is -0.136. The lowest BCUT2D eigenvalue weighted by Crippen LogP contribution is -2.49. The fourth-order valence-electron chi connectivity index (χ4n) is 3.58.